The van der Waals surface area contributed by atoms with Crippen molar-refractivity contribution in [1.82, 2.24) is 0 Å². The standard InChI is InChI=1S/C8H6O4.AsH3O3/c9-7(10)5-3-1-2-4-6(5)8(11)12;2-1(3)4/h1-4H,(H,9,10)(H,11,12);2-4H. The van der Waals surface area contributed by atoms with Gasteiger partial charge in [0.1, 0.15) is 0 Å². The van der Waals surface area contributed by atoms with E-state index in [0.717, 1.165) is 0 Å². The third-order valence-corrected chi connectivity index (χ3v) is 1.39. The fourth-order valence-corrected chi connectivity index (χ4v) is 0.856. The van der Waals surface area contributed by atoms with Crippen LogP contribution in [-0.4, -0.2) is 50.1 Å². The van der Waals surface area contributed by atoms with Crippen LogP contribution in [0.2, 0.25) is 0 Å². The van der Waals surface area contributed by atoms with Crippen LogP contribution in [0.4, 0.5) is 0 Å². The van der Waals surface area contributed by atoms with Gasteiger partial charge in [-0.2, -0.15) is 0 Å². The molecule has 0 bridgehead atoms. The van der Waals surface area contributed by atoms with E-state index in [1.54, 1.807) is 0 Å². The molecular weight excluding hydrogens is 283 g/mol. The van der Waals surface area contributed by atoms with E-state index in [-0.39, 0.29) is 11.1 Å². The Balaban J connectivity index is 0.000000487. The summed E-state index contributed by atoms with van der Waals surface area (Å²) >= 11 is -3.19. The molecule has 16 heavy (non-hydrogen) atoms. The van der Waals surface area contributed by atoms with Gasteiger partial charge in [-0.1, -0.05) is 12.1 Å². The molecule has 8 heteroatoms. The van der Waals surface area contributed by atoms with Gasteiger partial charge in [0.05, 0.1) is 11.1 Å². The van der Waals surface area contributed by atoms with Gasteiger partial charge in [0, 0.05) is 0 Å². The first-order chi connectivity index (χ1) is 7.36. The van der Waals surface area contributed by atoms with Crippen molar-refractivity contribution in [3.8, 4) is 0 Å². The second-order valence-electron chi connectivity index (χ2n) is 2.42. The molecule has 1 aromatic rings. The van der Waals surface area contributed by atoms with Crippen LogP contribution in [-0.2, 0) is 0 Å². The quantitative estimate of drug-likeness (QED) is 0.442. The van der Waals surface area contributed by atoms with Gasteiger partial charge in [-0.15, -0.1) is 0 Å². The second kappa shape index (κ2) is 6.97. The molecule has 0 fully saturated rings. The Morgan fingerprint density at radius 1 is 0.875 bits per heavy atom. The molecule has 1 aromatic carbocycles. The first-order valence-electron chi connectivity index (χ1n) is 3.78. The van der Waals surface area contributed by atoms with Crippen molar-refractivity contribution in [2.45, 2.75) is 0 Å². The fraction of sp³-hybridized carbons (Fsp3) is 0. The zero-order chi connectivity index (χ0) is 12.7. The molecule has 0 saturated heterocycles. The summed E-state index contributed by atoms with van der Waals surface area (Å²) in [6, 6.07) is 5.48. The van der Waals surface area contributed by atoms with Gasteiger partial charge < -0.3 is 10.2 Å². The van der Waals surface area contributed by atoms with Crippen molar-refractivity contribution in [1.29, 1.82) is 0 Å². The molecule has 0 radical (unpaired) electrons. The van der Waals surface area contributed by atoms with Crippen molar-refractivity contribution in [3.05, 3.63) is 35.4 Å². The van der Waals surface area contributed by atoms with E-state index in [9.17, 15) is 9.59 Å². The number of benzene rings is 1. The molecule has 0 spiro atoms. The summed E-state index contributed by atoms with van der Waals surface area (Å²) in [6.45, 7) is 0. The average Bonchev–Trinajstić information content (AvgIpc) is 2.16. The van der Waals surface area contributed by atoms with Crippen molar-refractivity contribution in [3.63, 3.8) is 0 Å². The number of carbonyl (C=O) groups is 2. The molecular formula is C8H9AsO7. The molecule has 0 saturated carbocycles. The second-order valence-corrected chi connectivity index (χ2v) is 3.55. The number of carboxylic acid groups (broad SMARTS) is 2. The normalized spacial score (nSPS) is 9.25. The molecule has 88 valence electrons. The maximum atomic E-state index is 10.5. The van der Waals surface area contributed by atoms with E-state index in [0.29, 0.717) is 0 Å². The van der Waals surface area contributed by atoms with Crippen molar-refractivity contribution >= 4 is 27.6 Å². The third kappa shape index (κ3) is 5.47. The monoisotopic (exact) mass is 292 g/mol. The van der Waals surface area contributed by atoms with Crippen LogP contribution >= 0.6 is 0 Å². The third-order valence-electron chi connectivity index (χ3n) is 1.39. The topological polar surface area (TPSA) is 135 Å². The molecule has 7 nitrogen and oxygen atoms in total. The van der Waals surface area contributed by atoms with Crippen LogP contribution < -0.4 is 0 Å². The molecule has 0 aliphatic carbocycles. The number of carboxylic acids is 2. The van der Waals surface area contributed by atoms with Crippen molar-refractivity contribution < 1.29 is 32.1 Å². The summed E-state index contributed by atoms with van der Waals surface area (Å²) in [5.74, 6) is -2.46. The van der Waals surface area contributed by atoms with Crippen LogP contribution in [0.3, 0.4) is 0 Å². The van der Waals surface area contributed by atoms with Gasteiger partial charge in [0.25, 0.3) is 0 Å². The minimum absolute atomic E-state index is 0.190. The Bertz CT molecular complexity index is 341. The Kier molecular flexibility index (Phi) is 6.36. The Hall–Kier alpha value is -1.40. The maximum absolute atomic E-state index is 10.5. The van der Waals surface area contributed by atoms with E-state index >= 15 is 0 Å². The molecule has 0 aromatic heterocycles. The molecule has 0 aliphatic rings. The van der Waals surface area contributed by atoms with Crippen molar-refractivity contribution in [2.24, 2.45) is 0 Å². The van der Waals surface area contributed by atoms with E-state index in [2.05, 4.69) is 0 Å². The predicted molar refractivity (Wildman–Crippen MR) is 52.8 cm³/mol. The van der Waals surface area contributed by atoms with Gasteiger partial charge in [-0.3, -0.25) is 0 Å². The van der Waals surface area contributed by atoms with Crippen LogP contribution in [0.15, 0.2) is 24.3 Å². The van der Waals surface area contributed by atoms with Gasteiger partial charge >= 0.3 is 39.9 Å². The zero-order valence-corrected chi connectivity index (χ0v) is 9.69. The summed E-state index contributed by atoms with van der Waals surface area (Å²) in [7, 11) is 0. The molecule has 5 N–H and O–H groups in total. The Labute approximate surface area is 95.5 Å². The summed E-state index contributed by atoms with van der Waals surface area (Å²) in [4.78, 5) is 20.9. The fourth-order valence-electron chi connectivity index (χ4n) is 0.856. The summed E-state index contributed by atoms with van der Waals surface area (Å²) in [6.07, 6.45) is 0. The number of hydrogen-bond acceptors (Lipinski definition) is 5. The first-order valence-corrected chi connectivity index (χ1v) is 6.30. The van der Waals surface area contributed by atoms with Crippen LogP contribution in [0.25, 0.3) is 0 Å². The SMILES string of the molecule is O=C(O)c1ccccc1C(=O)O.O[As](O)O. The number of aromatic carboxylic acids is 2. The van der Waals surface area contributed by atoms with E-state index < -0.39 is 27.6 Å². The molecule has 1 rings (SSSR count). The van der Waals surface area contributed by atoms with Crippen LogP contribution in [0, 0.1) is 0 Å². The number of hydrogen-bond donors (Lipinski definition) is 5. The van der Waals surface area contributed by atoms with Gasteiger partial charge in [0.2, 0.25) is 0 Å². The average molecular weight is 292 g/mol. The predicted octanol–water partition coefficient (Wildman–Crippen LogP) is -0.969. The zero-order valence-electron chi connectivity index (χ0n) is 7.81. The molecule has 0 atom stereocenters. The van der Waals surface area contributed by atoms with Gasteiger partial charge in [0.15, 0.2) is 0 Å². The number of rotatable bonds is 2. The van der Waals surface area contributed by atoms with Crippen LogP contribution in [0.1, 0.15) is 20.7 Å². The van der Waals surface area contributed by atoms with E-state index in [1.807, 2.05) is 0 Å². The minimum atomic E-state index is -3.19. The molecule has 0 heterocycles. The summed E-state index contributed by atoms with van der Waals surface area (Å²) < 4.78 is 21.9. The molecule has 0 unspecified atom stereocenters. The van der Waals surface area contributed by atoms with Crippen LogP contribution in [0.5, 0.6) is 0 Å². The van der Waals surface area contributed by atoms with E-state index in [1.165, 1.54) is 24.3 Å². The first kappa shape index (κ1) is 14.6. The van der Waals surface area contributed by atoms with Gasteiger partial charge in [-0.25, -0.2) is 9.59 Å². The summed E-state index contributed by atoms with van der Waals surface area (Å²) in [5.41, 5.74) is -0.380. The van der Waals surface area contributed by atoms with Gasteiger partial charge in [-0.05, 0) is 12.1 Å². The summed E-state index contributed by atoms with van der Waals surface area (Å²) in [5, 5.41) is 17.1. The Morgan fingerprint density at radius 3 is 1.31 bits per heavy atom. The van der Waals surface area contributed by atoms with E-state index in [4.69, 9.17) is 22.5 Å². The molecule has 0 aliphatic heterocycles. The van der Waals surface area contributed by atoms with Crippen molar-refractivity contribution in [2.75, 3.05) is 0 Å². The Morgan fingerprint density at radius 2 is 1.12 bits per heavy atom. The molecule has 0 amide bonds.